The zero-order valence-corrected chi connectivity index (χ0v) is 11.1. The van der Waals surface area contributed by atoms with Crippen molar-refractivity contribution in [2.24, 2.45) is 5.73 Å². The molecule has 1 atom stereocenters. The molecule has 0 aromatic heterocycles. The SMILES string of the molecule is NCCC(CN1CCCCC1)Oc1ccccc1. The molecule has 1 saturated heterocycles. The van der Waals surface area contributed by atoms with Gasteiger partial charge >= 0.3 is 0 Å². The van der Waals surface area contributed by atoms with E-state index in [1.54, 1.807) is 0 Å². The molecule has 0 radical (unpaired) electrons. The first-order valence-electron chi connectivity index (χ1n) is 7.02. The molecule has 0 spiro atoms. The summed E-state index contributed by atoms with van der Waals surface area (Å²) >= 11 is 0. The summed E-state index contributed by atoms with van der Waals surface area (Å²) in [6, 6.07) is 10.1. The fourth-order valence-electron chi connectivity index (χ4n) is 2.49. The maximum atomic E-state index is 6.04. The molecule has 2 rings (SSSR count). The van der Waals surface area contributed by atoms with Crippen LogP contribution >= 0.6 is 0 Å². The van der Waals surface area contributed by atoms with Crippen LogP contribution in [0, 0.1) is 0 Å². The lowest BCUT2D eigenvalue weighted by Crippen LogP contribution is -2.39. The van der Waals surface area contributed by atoms with Crippen LogP contribution in [0.25, 0.3) is 0 Å². The average molecular weight is 248 g/mol. The number of hydrogen-bond acceptors (Lipinski definition) is 3. The van der Waals surface area contributed by atoms with Gasteiger partial charge in [-0.3, -0.25) is 4.90 Å². The molecule has 0 aliphatic carbocycles. The highest BCUT2D eigenvalue weighted by molar-refractivity contribution is 5.21. The van der Waals surface area contributed by atoms with Crippen LogP contribution in [0.2, 0.25) is 0 Å². The van der Waals surface area contributed by atoms with Gasteiger partial charge in [-0.15, -0.1) is 0 Å². The Morgan fingerprint density at radius 3 is 2.50 bits per heavy atom. The van der Waals surface area contributed by atoms with Crippen LogP contribution in [0.1, 0.15) is 25.7 Å². The minimum atomic E-state index is 0.218. The van der Waals surface area contributed by atoms with Crippen LogP contribution in [0.15, 0.2) is 30.3 Å². The van der Waals surface area contributed by atoms with E-state index in [2.05, 4.69) is 4.90 Å². The summed E-state index contributed by atoms with van der Waals surface area (Å²) in [6.07, 6.45) is 5.15. The summed E-state index contributed by atoms with van der Waals surface area (Å²) in [4.78, 5) is 2.51. The second kappa shape index (κ2) is 7.39. The highest BCUT2D eigenvalue weighted by Crippen LogP contribution is 2.15. The summed E-state index contributed by atoms with van der Waals surface area (Å²) in [5, 5.41) is 0. The summed E-state index contributed by atoms with van der Waals surface area (Å²) < 4.78 is 6.04. The van der Waals surface area contributed by atoms with E-state index in [-0.39, 0.29) is 6.10 Å². The molecule has 0 saturated carbocycles. The number of likely N-dealkylation sites (tertiary alicyclic amines) is 1. The zero-order valence-electron chi connectivity index (χ0n) is 11.1. The van der Waals surface area contributed by atoms with E-state index in [1.807, 2.05) is 30.3 Å². The van der Waals surface area contributed by atoms with Crippen molar-refractivity contribution in [3.8, 4) is 5.75 Å². The molecule has 1 aromatic carbocycles. The fraction of sp³-hybridized carbons (Fsp3) is 0.600. The van der Waals surface area contributed by atoms with E-state index in [4.69, 9.17) is 10.5 Å². The van der Waals surface area contributed by atoms with Gasteiger partial charge in [0.15, 0.2) is 0 Å². The van der Waals surface area contributed by atoms with Gasteiger partial charge in [-0.05, 0) is 51.0 Å². The van der Waals surface area contributed by atoms with Crippen LogP contribution in [-0.4, -0.2) is 37.2 Å². The Balaban J connectivity index is 1.86. The van der Waals surface area contributed by atoms with Gasteiger partial charge in [0.2, 0.25) is 0 Å². The molecular formula is C15H24N2O. The lowest BCUT2D eigenvalue weighted by atomic mass is 10.1. The monoisotopic (exact) mass is 248 g/mol. The maximum absolute atomic E-state index is 6.04. The van der Waals surface area contributed by atoms with Crippen LogP contribution in [0.5, 0.6) is 5.75 Å². The van der Waals surface area contributed by atoms with E-state index in [1.165, 1.54) is 32.4 Å². The van der Waals surface area contributed by atoms with E-state index >= 15 is 0 Å². The fourth-order valence-corrected chi connectivity index (χ4v) is 2.49. The molecule has 1 aromatic rings. The second-order valence-corrected chi connectivity index (χ2v) is 4.99. The van der Waals surface area contributed by atoms with Gasteiger partial charge in [0.25, 0.3) is 0 Å². The van der Waals surface area contributed by atoms with Crippen molar-refractivity contribution in [1.82, 2.24) is 4.90 Å². The van der Waals surface area contributed by atoms with Crippen LogP contribution in [-0.2, 0) is 0 Å². The predicted octanol–water partition coefficient (Wildman–Crippen LogP) is 2.27. The number of para-hydroxylation sites is 1. The van der Waals surface area contributed by atoms with Gasteiger partial charge in [-0.2, -0.15) is 0 Å². The largest absolute Gasteiger partial charge is 0.489 e. The van der Waals surface area contributed by atoms with Crippen molar-refractivity contribution in [3.05, 3.63) is 30.3 Å². The molecule has 1 aliphatic heterocycles. The van der Waals surface area contributed by atoms with Crippen molar-refractivity contribution in [2.75, 3.05) is 26.2 Å². The minimum Gasteiger partial charge on any atom is -0.489 e. The van der Waals surface area contributed by atoms with Gasteiger partial charge in [0, 0.05) is 6.54 Å². The van der Waals surface area contributed by atoms with E-state index < -0.39 is 0 Å². The third-order valence-corrected chi connectivity index (χ3v) is 3.45. The Labute approximate surface area is 110 Å². The molecule has 100 valence electrons. The van der Waals surface area contributed by atoms with E-state index in [0.717, 1.165) is 18.7 Å². The third kappa shape index (κ3) is 4.31. The number of piperidine rings is 1. The Kier molecular flexibility index (Phi) is 5.49. The highest BCUT2D eigenvalue weighted by atomic mass is 16.5. The number of ether oxygens (including phenoxy) is 1. The molecular weight excluding hydrogens is 224 g/mol. The lowest BCUT2D eigenvalue weighted by Gasteiger charge is -2.30. The predicted molar refractivity (Wildman–Crippen MR) is 74.8 cm³/mol. The van der Waals surface area contributed by atoms with Gasteiger partial charge in [-0.1, -0.05) is 24.6 Å². The average Bonchev–Trinajstić information content (AvgIpc) is 2.41. The molecule has 2 N–H and O–H groups in total. The van der Waals surface area contributed by atoms with Gasteiger partial charge in [-0.25, -0.2) is 0 Å². The number of nitrogens with zero attached hydrogens (tertiary/aromatic N) is 1. The number of benzene rings is 1. The first-order chi connectivity index (χ1) is 8.88. The minimum absolute atomic E-state index is 0.218. The molecule has 3 nitrogen and oxygen atoms in total. The Bertz CT molecular complexity index is 323. The molecule has 1 heterocycles. The van der Waals surface area contributed by atoms with Gasteiger partial charge < -0.3 is 10.5 Å². The topological polar surface area (TPSA) is 38.5 Å². The first kappa shape index (κ1) is 13.4. The standard InChI is InChI=1S/C15H24N2O/c16-10-9-15(13-17-11-5-2-6-12-17)18-14-7-3-1-4-8-14/h1,3-4,7-8,15H,2,5-6,9-13,16H2. The molecule has 1 unspecified atom stereocenters. The van der Waals surface area contributed by atoms with Crippen molar-refractivity contribution in [1.29, 1.82) is 0 Å². The summed E-state index contributed by atoms with van der Waals surface area (Å²) in [5.74, 6) is 0.952. The van der Waals surface area contributed by atoms with Crippen LogP contribution in [0.3, 0.4) is 0 Å². The van der Waals surface area contributed by atoms with E-state index in [0.29, 0.717) is 6.54 Å². The molecule has 3 heteroatoms. The Hall–Kier alpha value is -1.06. The molecule has 0 amide bonds. The second-order valence-electron chi connectivity index (χ2n) is 4.99. The Morgan fingerprint density at radius 2 is 1.83 bits per heavy atom. The van der Waals surface area contributed by atoms with Crippen molar-refractivity contribution >= 4 is 0 Å². The summed E-state index contributed by atoms with van der Waals surface area (Å²) in [6.45, 7) is 4.11. The summed E-state index contributed by atoms with van der Waals surface area (Å²) in [7, 11) is 0. The normalized spacial score (nSPS) is 18.5. The van der Waals surface area contributed by atoms with Gasteiger partial charge in [0.05, 0.1) is 0 Å². The first-order valence-corrected chi connectivity index (χ1v) is 7.02. The lowest BCUT2D eigenvalue weighted by molar-refractivity contribution is 0.114. The van der Waals surface area contributed by atoms with Crippen molar-refractivity contribution < 1.29 is 4.74 Å². The zero-order chi connectivity index (χ0) is 12.6. The quantitative estimate of drug-likeness (QED) is 0.839. The highest BCUT2D eigenvalue weighted by Gasteiger charge is 2.17. The van der Waals surface area contributed by atoms with Crippen molar-refractivity contribution in [2.45, 2.75) is 31.8 Å². The molecule has 1 aliphatic rings. The number of nitrogens with two attached hydrogens (primary N) is 1. The molecule has 1 fully saturated rings. The Morgan fingerprint density at radius 1 is 1.11 bits per heavy atom. The third-order valence-electron chi connectivity index (χ3n) is 3.45. The summed E-state index contributed by atoms with van der Waals surface area (Å²) in [5.41, 5.74) is 5.69. The molecule has 18 heavy (non-hydrogen) atoms. The van der Waals surface area contributed by atoms with Crippen molar-refractivity contribution in [3.63, 3.8) is 0 Å². The number of hydrogen-bond donors (Lipinski definition) is 1. The van der Waals surface area contributed by atoms with Crippen LogP contribution in [0.4, 0.5) is 0 Å². The smallest absolute Gasteiger partial charge is 0.119 e. The van der Waals surface area contributed by atoms with E-state index in [9.17, 15) is 0 Å². The van der Waals surface area contributed by atoms with Gasteiger partial charge in [0.1, 0.15) is 11.9 Å². The maximum Gasteiger partial charge on any atom is 0.119 e. The number of rotatable bonds is 6. The van der Waals surface area contributed by atoms with Crippen LogP contribution < -0.4 is 10.5 Å². The molecule has 0 bridgehead atoms.